The van der Waals surface area contributed by atoms with Crippen molar-refractivity contribution in [2.45, 2.75) is 33.2 Å². The van der Waals surface area contributed by atoms with Gasteiger partial charge in [0.15, 0.2) is 5.11 Å². The van der Waals surface area contributed by atoms with Gasteiger partial charge in [-0.1, -0.05) is 23.8 Å². The van der Waals surface area contributed by atoms with Gasteiger partial charge in [0.1, 0.15) is 11.9 Å². The molecule has 7 nitrogen and oxygen atoms in total. The zero-order valence-electron chi connectivity index (χ0n) is 17.4. The Hall–Kier alpha value is -3.33. The highest BCUT2D eigenvalue weighted by Crippen LogP contribution is 2.21. The standard InChI is InChI=1S/C22H23FN4O3S/c1-4-26-21(30)18(12-19(28)24-17-9-8-13(2)10-14(17)3)27(22(26)31)25-20(29)15-6-5-7-16(23)11-15/h5-11,18H,4,12H2,1-3H3,(H,24,28)(H,25,29)/t18-/m1/s1. The van der Waals surface area contributed by atoms with Crippen LogP contribution in [0.25, 0.3) is 0 Å². The Morgan fingerprint density at radius 1 is 1.16 bits per heavy atom. The number of likely N-dealkylation sites (N-methyl/N-ethyl adjacent to an activating group) is 1. The van der Waals surface area contributed by atoms with Crippen molar-refractivity contribution in [1.82, 2.24) is 15.3 Å². The van der Waals surface area contributed by atoms with Crippen LogP contribution in [-0.4, -0.2) is 45.3 Å². The minimum absolute atomic E-state index is 0.0729. The SMILES string of the molecule is CCN1C(=O)[C@@H](CC(=O)Nc2ccc(C)cc2C)N(NC(=O)c2cccc(F)c2)C1=S. The van der Waals surface area contributed by atoms with E-state index < -0.39 is 23.7 Å². The van der Waals surface area contributed by atoms with E-state index in [0.717, 1.165) is 17.2 Å². The number of benzene rings is 2. The number of rotatable bonds is 6. The van der Waals surface area contributed by atoms with E-state index in [4.69, 9.17) is 12.2 Å². The molecule has 0 radical (unpaired) electrons. The zero-order valence-corrected chi connectivity index (χ0v) is 18.3. The number of thiocarbonyl (C=S) groups is 1. The number of hydrogen-bond acceptors (Lipinski definition) is 4. The van der Waals surface area contributed by atoms with Crippen LogP contribution in [-0.2, 0) is 9.59 Å². The number of carbonyl (C=O) groups excluding carboxylic acids is 3. The lowest BCUT2D eigenvalue weighted by atomic mass is 10.1. The second kappa shape index (κ2) is 9.22. The van der Waals surface area contributed by atoms with E-state index in [-0.39, 0.29) is 23.0 Å². The maximum atomic E-state index is 13.5. The van der Waals surface area contributed by atoms with Crippen molar-refractivity contribution in [3.8, 4) is 0 Å². The molecule has 0 bridgehead atoms. The minimum atomic E-state index is -1.00. The van der Waals surface area contributed by atoms with Gasteiger partial charge < -0.3 is 5.32 Å². The Bertz CT molecular complexity index is 1060. The molecule has 1 atom stereocenters. The Morgan fingerprint density at radius 2 is 1.90 bits per heavy atom. The summed E-state index contributed by atoms with van der Waals surface area (Å²) in [4.78, 5) is 39.4. The number of halogens is 1. The van der Waals surface area contributed by atoms with E-state index in [0.29, 0.717) is 12.2 Å². The van der Waals surface area contributed by atoms with Gasteiger partial charge in [-0.05, 0) is 62.8 Å². The van der Waals surface area contributed by atoms with Crippen molar-refractivity contribution in [3.63, 3.8) is 0 Å². The van der Waals surface area contributed by atoms with Crippen LogP contribution in [0, 0.1) is 19.7 Å². The van der Waals surface area contributed by atoms with Gasteiger partial charge in [-0.25, -0.2) is 9.40 Å². The normalized spacial score (nSPS) is 15.9. The highest BCUT2D eigenvalue weighted by Gasteiger charge is 2.44. The van der Waals surface area contributed by atoms with Gasteiger partial charge in [-0.3, -0.25) is 24.7 Å². The number of amides is 3. The first-order valence-electron chi connectivity index (χ1n) is 9.79. The molecule has 3 rings (SSSR count). The van der Waals surface area contributed by atoms with E-state index in [1.807, 2.05) is 26.0 Å². The maximum absolute atomic E-state index is 13.5. The molecule has 0 aromatic heterocycles. The Balaban J connectivity index is 1.78. The molecule has 2 aromatic carbocycles. The van der Waals surface area contributed by atoms with Crippen LogP contribution in [0.1, 0.15) is 34.8 Å². The van der Waals surface area contributed by atoms with Crippen LogP contribution in [0.2, 0.25) is 0 Å². The monoisotopic (exact) mass is 442 g/mol. The molecule has 1 heterocycles. The number of nitrogens with zero attached hydrogens (tertiary/aromatic N) is 2. The molecule has 3 amide bonds. The topological polar surface area (TPSA) is 81.8 Å². The summed E-state index contributed by atoms with van der Waals surface area (Å²) >= 11 is 5.34. The molecule has 1 saturated heterocycles. The average molecular weight is 443 g/mol. The first kappa shape index (κ1) is 22.4. The fourth-order valence-electron chi connectivity index (χ4n) is 3.38. The summed E-state index contributed by atoms with van der Waals surface area (Å²) in [5.74, 6) is -1.97. The summed E-state index contributed by atoms with van der Waals surface area (Å²) < 4.78 is 13.5. The molecule has 31 heavy (non-hydrogen) atoms. The molecule has 1 aliphatic rings. The third-order valence-corrected chi connectivity index (χ3v) is 5.38. The Morgan fingerprint density at radius 3 is 2.55 bits per heavy atom. The summed E-state index contributed by atoms with van der Waals surface area (Å²) in [6, 6.07) is 9.76. The van der Waals surface area contributed by atoms with Gasteiger partial charge >= 0.3 is 0 Å². The molecule has 2 aromatic rings. The van der Waals surface area contributed by atoms with E-state index in [9.17, 15) is 18.8 Å². The molecule has 9 heteroatoms. The predicted molar refractivity (Wildman–Crippen MR) is 119 cm³/mol. The van der Waals surface area contributed by atoms with E-state index in [1.54, 1.807) is 13.0 Å². The van der Waals surface area contributed by atoms with Gasteiger partial charge in [0.2, 0.25) is 5.91 Å². The number of aryl methyl sites for hydroxylation is 2. The van der Waals surface area contributed by atoms with Crippen molar-refractivity contribution in [2.24, 2.45) is 0 Å². The lowest BCUT2D eigenvalue weighted by Gasteiger charge is -2.24. The van der Waals surface area contributed by atoms with Crippen LogP contribution in [0.15, 0.2) is 42.5 Å². The fraction of sp³-hybridized carbons (Fsp3) is 0.273. The second-order valence-electron chi connectivity index (χ2n) is 7.27. The molecular formula is C22H23FN4O3S. The molecule has 0 unspecified atom stereocenters. The van der Waals surface area contributed by atoms with Gasteiger partial charge in [-0.2, -0.15) is 0 Å². The number of anilines is 1. The van der Waals surface area contributed by atoms with Crippen LogP contribution in [0.5, 0.6) is 0 Å². The number of hydrogen-bond donors (Lipinski definition) is 2. The largest absolute Gasteiger partial charge is 0.326 e. The fourth-order valence-corrected chi connectivity index (χ4v) is 3.77. The molecule has 0 spiro atoms. The Kier molecular flexibility index (Phi) is 6.65. The smallest absolute Gasteiger partial charge is 0.269 e. The lowest BCUT2D eigenvalue weighted by Crippen LogP contribution is -2.49. The van der Waals surface area contributed by atoms with E-state index >= 15 is 0 Å². The van der Waals surface area contributed by atoms with Crippen molar-refractivity contribution >= 4 is 40.7 Å². The minimum Gasteiger partial charge on any atom is -0.326 e. The van der Waals surface area contributed by atoms with Gasteiger partial charge in [-0.15, -0.1) is 0 Å². The summed E-state index contributed by atoms with van der Waals surface area (Å²) in [5.41, 5.74) is 5.23. The molecule has 1 fully saturated rings. The molecule has 162 valence electrons. The third-order valence-electron chi connectivity index (χ3n) is 4.96. The maximum Gasteiger partial charge on any atom is 0.269 e. The quantitative estimate of drug-likeness (QED) is 0.673. The number of hydrazine groups is 1. The van der Waals surface area contributed by atoms with Crippen LogP contribution >= 0.6 is 12.2 Å². The van der Waals surface area contributed by atoms with E-state index in [1.165, 1.54) is 28.1 Å². The molecular weight excluding hydrogens is 419 g/mol. The summed E-state index contributed by atoms with van der Waals surface area (Å²) in [5, 5.41) is 4.09. The molecule has 1 aliphatic heterocycles. The third kappa shape index (κ3) is 4.88. The summed E-state index contributed by atoms with van der Waals surface area (Å²) in [7, 11) is 0. The van der Waals surface area contributed by atoms with Crippen molar-refractivity contribution in [1.29, 1.82) is 0 Å². The summed E-state index contributed by atoms with van der Waals surface area (Å²) in [6.07, 6.45) is -0.216. The highest BCUT2D eigenvalue weighted by molar-refractivity contribution is 7.80. The zero-order chi connectivity index (χ0) is 22.7. The van der Waals surface area contributed by atoms with Crippen molar-refractivity contribution in [3.05, 3.63) is 65.0 Å². The Labute approximate surface area is 185 Å². The number of carbonyl (C=O) groups is 3. The van der Waals surface area contributed by atoms with Crippen molar-refractivity contribution < 1.29 is 18.8 Å². The first-order chi connectivity index (χ1) is 14.7. The first-order valence-corrected chi connectivity index (χ1v) is 10.2. The van der Waals surface area contributed by atoms with Gasteiger partial charge in [0.05, 0.1) is 6.42 Å². The molecule has 0 saturated carbocycles. The number of nitrogens with one attached hydrogen (secondary N) is 2. The second-order valence-corrected chi connectivity index (χ2v) is 7.64. The predicted octanol–water partition coefficient (Wildman–Crippen LogP) is 2.93. The van der Waals surface area contributed by atoms with Crippen LogP contribution < -0.4 is 10.7 Å². The van der Waals surface area contributed by atoms with E-state index in [2.05, 4.69) is 10.7 Å². The van der Waals surface area contributed by atoms with Gasteiger partial charge in [0.25, 0.3) is 11.8 Å². The molecule has 2 N–H and O–H groups in total. The highest BCUT2D eigenvalue weighted by atomic mass is 32.1. The van der Waals surface area contributed by atoms with Crippen molar-refractivity contribution in [2.75, 3.05) is 11.9 Å². The lowest BCUT2D eigenvalue weighted by molar-refractivity contribution is -0.130. The van der Waals surface area contributed by atoms with Crippen LogP contribution in [0.3, 0.4) is 0 Å². The average Bonchev–Trinajstić information content (AvgIpc) is 2.93. The molecule has 0 aliphatic carbocycles. The van der Waals surface area contributed by atoms with Crippen LogP contribution in [0.4, 0.5) is 10.1 Å². The van der Waals surface area contributed by atoms with Gasteiger partial charge in [0, 0.05) is 17.8 Å². The summed E-state index contributed by atoms with van der Waals surface area (Å²) in [6.45, 7) is 5.87.